The molecule has 2 aliphatic rings. The van der Waals surface area contributed by atoms with E-state index < -0.39 is 0 Å². The van der Waals surface area contributed by atoms with Crippen molar-refractivity contribution < 1.29 is 4.79 Å². The number of amides is 1. The topological polar surface area (TPSA) is 71.0 Å². The zero-order valence-electron chi connectivity index (χ0n) is 14.8. The van der Waals surface area contributed by atoms with Crippen LogP contribution in [0.2, 0.25) is 0 Å². The standard InChI is InChI=1S/C19H27N5O/c1-24-16-5-3-2-4-14(16)23-17(24)6-9-21-18(25)15-12-19(13-22-15)7-10-20-11-8-19/h2-5,15,20,22H,6-13H2,1H3,(H,21,25)/t15-/m1/s1. The molecule has 0 unspecified atom stereocenters. The van der Waals surface area contributed by atoms with Gasteiger partial charge in [-0.05, 0) is 49.9 Å². The van der Waals surface area contributed by atoms with Crippen molar-refractivity contribution in [3.8, 4) is 0 Å². The van der Waals surface area contributed by atoms with E-state index in [4.69, 9.17) is 0 Å². The minimum atomic E-state index is -0.0430. The van der Waals surface area contributed by atoms with Gasteiger partial charge in [-0.25, -0.2) is 4.98 Å². The van der Waals surface area contributed by atoms with Crippen LogP contribution >= 0.6 is 0 Å². The van der Waals surface area contributed by atoms with Crippen LogP contribution in [-0.4, -0.2) is 47.7 Å². The summed E-state index contributed by atoms with van der Waals surface area (Å²) in [5.41, 5.74) is 2.47. The van der Waals surface area contributed by atoms with Gasteiger partial charge in [-0.15, -0.1) is 0 Å². The number of imidazole rings is 1. The number of aromatic nitrogens is 2. The number of benzene rings is 1. The fourth-order valence-corrected chi connectivity index (χ4v) is 4.28. The van der Waals surface area contributed by atoms with E-state index in [0.29, 0.717) is 12.0 Å². The van der Waals surface area contributed by atoms with Gasteiger partial charge in [-0.2, -0.15) is 0 Å². The summed E-state index contributed by atoms with van der Waals surface area (Å²) in [7, 11) is 2.03. The summed E-state index contributed by atoms with van der Waals surface area (Å²) in [6.07, 6.45) is 4.05. The van der Waals surface area contributed by atoms with Crippen LogP contribution in [0.5, 0.6) is 0 Å². The summed E-state index contributed by atoms with van der Waals surface area (Å²) >= 11 is 0. The number of carbonyl (C=O) groups excluding carboxylic acids is 1. The first-order valence-corrected chi connectivity index (χ1v) is 9.29. The summed E-state index contributed by atoms with van der Waals surface area (Å²) in [6.45, 7) is 3.74. The highest BCUT2D eigenvalue weighted by Crippen LogP contribution is 2.37. The number of rotatable bonds is 4. The maximum Gasteiger partial charge on any atom is 0.237 e. The molecule has 6 nitrogen and oxygen atoms in total. The van der Waals surface area contributed by atoms with Crippen molar-refractivity contribution in [2.45, 2.75) is 31.7 Å². The van der Waals surface area contributed by atoms with Crippen molar-refractivity contribution in [3.63, 3.8) is 0 Å². The minimum absolute atomic E-state index is 0.0430. The molecule has 3 N–H and O–H groups in total. The molecular formula is C19H27N5O. The lowest BCUT2D eigenvalue weighted by Crippen LogP contribution is -2.41. The van der Waals surface area contributed by atoms with Gasteiger partial charge in [0.25, 0.3) is 0 Å². The number of hydrogen-bond donors (Lipinski definition) is 3. The van der Waals surface area contributed by atoms with E-state index in [2.05, 4.69) is 31.6 Å². The fourth-order valence-electron chi connectivity index (χ4n) is 4.28. The second kappa shape index (κ2) is 6.77. The molecule has 2 fully saturated rings. The zero-order chi connectivity index (χ0) is 17.3. The first kappa shape index (κ1) is 16.5. The molecule has 0 aliphatic carbocycles. The third kappa shape index (κ3) is 3.28. The maximum absolute atomic E-state index is 12.5. The van der Waals surface area contributed by atoms with Crippen molar-refractivity contribution in [1.29, 1.82) is 0 Å². The largest absolute Gasteiger partial charge is 0.354 e. The average Bonchev–Trinajstić information content (AvgIpc) is 3.18. The molecule has 4 rings (SSSR count). The molecule has 2 aliphatic heterocycles. The van der Waals surface area contributed by atoms with Gasteiger partial charge in [-0.1, -0.05) is 12.1 Å². The van der Waals surface area contributed by atoms with Crippen molar-refractivity contribution in [2.75, 3.05) is 26.2 Å². The molecule has 1 atom stereocenters. The average molecular weight is 341 g/mol. The molecular weight excluding hydrogens is 314 g/mol. The summed E-state index contributed by atoms with van der Waals surface area (Å²) in [6, 6.07) is 8.09. The fraction of sp³-hybridized carbons (Fsp3) is 0.579. The van der Waals surface area contributed by atoms with Gasteiger partial charge >= 0.3 is 0 Å². The van der Waals surface area contributed by atoms with E-state index in [1.165, 1.54) is 12.8 Å². The van der Waals surface area contributed by atoms with Gasteiger partial charge in [0, 0.05) is 26.6 Å². The van der Waals surface area contributed by atoms with Crippen LogP contribution in [0.1, 0.15) is 25.1 Å². The molecule has 0 saturated carbocycles. The summed E-state index contributed by atoms with van der Waals surface area (Å²) < 4.78 is 2.11. The van der Waals surface area contributed by atoms with Gasteiger partial charge in [0.2, 0.25) is 5.91 Å². The Bertz CT molecular complexity index is 762. The second-order valence-corrected chi connectivity index (χ2v) is 7.50. The Balaban J connectivity index is 1.31. The number of carbonyl (C=O) groups is 1. The van der Waals surface area contributed by atoms with E-state index in [1.54, 1.807) is 0 Å². The van der Waals surface area contributed by atoms with E-state index in [0.717, 1.165) is 49.3 Å². The van der Waals surface area contributed by atoms with Gasteiger partial charge in [0.05, 0.1) is 17.1 Å². The van der Waals surface area contributed by atoms with Crippen molar-refractivity contribution in [3.05, 3.63) is 30.1 Å². The van der Waals surface area contributed by atoms with Crippen molar-refractivity contribution in [1.82, 2.24) is 25.5 Å². The monoisotopic (exact) mass is 341 g/mol. The Morgan fingerprint density at radius 2 is 2.16 bits per heavy atom. The Morgan fingerprint density at radius 3 is 2.96 bits per heavy atom. The molecule has 134 valence electrons. The van der Waals surface area contributed by atoms with E-state index >= 15 is 0 Å². The third-order valence-electron chi connectivity index (χ3n) is 5.87. The zero-order valence-corrected chi connectivity index (χ0v) is 14.8. The van der Waals surface area contributed by atoms with E-state index in [1.807, 2.05) is 25.2 Å². The van der Waals surface area contributed by atoms with Gasteiger partial charge < -0.3 is 20.5 Å². The van der Waals surface area contributed by atoms with Crippen LogP contribution in [0.25, 0.3) is 11.0 Å². The molecule has 1 aromatic carbocycles. The Hall–Kier alpha value is -1.92. The van der Waals surface area contributed by atoms with Gasteiger partial charge in [0.1, 0.15) is 5.82 Å². The molecule has 25 heavy (non-hydrogen) atoms. The third-order valence-corrected chi connectivity index (χ3v) is 5.87. The smallest absolute Gasteiger partial charge is 0.237 e. The number of nitrogens with one attached hydrogen (secondary N) is 3. The predicted molar refractivity (Wildman–Crippen MR) is 98.4 cm³/mol. The molecule has 2 saturated heterocycles. The molecule has 0 radical (unpaired) electrons. The lowest BCUT2D eigenvalue weighted by atomic mass is 9.77. The Morgan fingerprint density at radius 1 is 1.36 bits per heavy atom. The summed E-state index contributed by atoms with van der Waals surface area (Å²) in [4.78, 5) is 17.2. The van der Waals surface area contributed by atoms with E-state index in [-0.39, 0.29) is 11.9 Å². The highest BCUT2D eigenvalue weighted by Gasteiger charge is 2.41. The molecule has 6 heteroatoms. The molecule has 1 aromatic heterocycles. The van der Waals surface area contributed by atoms with Gasteiger partial charge in [-0.3, -0.25) is 4.79 Å². The van der Waals surface area contributed by atoms with Crippen LogP contribution in [-0.2, 0) is 18.3 Å². The SMILES string of the molecule is Cn1c(CCNC(=O)[C@H]2CC3(CCNCC3)CN2)nc2ccccc21. The van der Waals surface area contributed by atoms with Crippen LogP contribution < -0.4 is 16.0 Å². The first-order valence-electron chi connectivity index (χ1n) is 9.29. The Labute approximate surface area is 148 Å². The molecule has 2 aromatic rings. The predicted octanol–water partition coefficient (Wildman–Crippen LogP) is 0.964. The van der Waals surface area contributed by atoms with Crippen LogP contribution in [0, 0.1) is 5.41 Å². The van der Waals surface area contributed by atoms with E-state index in [9.17, 15) is 4.79 Å². The molecule has 0 bridgehead atoms. The first-order chi connectivity index (χ1) is 12.2. The second-order valence-electron chi connectivity index (χ2n) is 7.50. The number of hydrogen-bond acceptors (Lipinski definition) is 4. The Kier molecular flexibility index (Phi) is 4.48. The normalized spacial score (nSPS) is 22.5. The van der Waals surface area contributed by atoms with Gasteiger partial charge in [0.15, 0.2) is 0 Å². The van der Waals surface area contributed by atoms with Crippen LogP contribution in [0.15, 0.2) is 24.3 Å². The lowest BCUT2D eigenvalue weighted by Gasteiger charge is -2.33. The number of piperidine rings is 1. The quantitative estimate of drug-likeness (QED) is 0.775. The maximum atomic E-state index is 12.5. The number of nitrogens with zero attached hydrogens (tertiary/aromatic N) is 2. The molecule has 1 spiro atoms. The number of fused-ring (bicyclic) bond motifs is 1. The number of aryl methyl sites for hydroxylation is 1. The molecule has 1 amide bonds. The van der Waals surface area contributed by atoms with Crippen LogP contribution in [0.3, 0.4) is 0 Å². The lowest BCUT2D eigenvalue weighted by molar-refractivity contribution is -0.122. The highest BCUT2D eigenvalue weighted by atomic mass is 16.2. The summed E-state index contributed by atoms with van der Waals surface area (Å²) in [5, 5.41) is 9.95. The highest BCUT2D eigenvalue weighted by molar-refractivity contribution is 5.82. The molecule has 3 heterocycles. The van der Waals surface area contributed by atoms with Crippen molar-refractivity contribution in [2.24, 2.45) is 12.5 Å². The minimum Gasteiger partial charge on any atom is -0.354 e. The number of para-hydroxylation sites is 2. The van der Waals surface area contributed by atoms with Crippen LogP contribution in [0.4, 0.5) is 0 Å². The summed E-state index contributed by atoms with van der Waals surface area (Å²) in [5.74, 6) is 1.14. The van der Waals surface area contributed by atoms with Crippen molar-refractivity contribution >= 4 is 16.9 Å².